The first-order chi connectivity index (χ1) is 34.4. The van der Waals surface area contributed by atoms with E-state index in [-0.39, 0.29) is 63.8 Å². The van der Waals surface area contributed by atoms with Crippen LogP contribution >= 0.6 is 0 Å². The number of aliphatic hydroxyl groups is 1. The molecule has 3 aromatic heterocycles. The molecule has 20 heteroatoms. The molecule has 2 aliphatic carbocycles. The van der Waals surface area contributed by atoms with E-state index in [0.717, 1.165) is 82.6 Å². The van der Waals surface area contributed by atoms with Gasteiger partial charge in [-0.25, -0.2) is 34.0 Å². The van der Waals surface area contributed by atoms with E-state index in [9.17, 15) is 32.8 Å². The van der Waals surface area contributed by atoms with Crippen molar-refractivity contribution in [1.82, 2.24) is 29.5 Å². The summed E-state index contributed by atoms with van der Waals surface area (Å²) in [5.74, 6) is -1.34. The van der Waals surface area contributed by atoms with Crippen LogP contribution in [0.2, 0.25) is 0 Å². The Morgan fingerprint density at radius 2 is 1.82 bits per heavy atom. The third-order valence-corrected chi connectivity index (χ3v) is 16.6. The summed E-state index contributed by atoms with van der Waals surface area (Å²) >= 11 is 0. The number of pyridine rings is 2. The number of carbonyl (C=O) groups excluding carboxylic acids is 1. The smallest absolute Gasteiger partial charge is 0.312 e. The number of hydrogen-bond acceptors (Lipinski definition) is 14. The molecule has 18 nitrogen and oxygen atoms in total. The highest BCUT2D eigenvalue weighted by Gasteiger charge is 2.50. The van der Waals surface area contributed by atoms with Gasteiger partial charge >= 0.3 is 5.69 Å². The molecular formula is C52H63FN10O8S. The second kappa shape index (κ2) is 20.6. The monoisotopic (exact) mass is 1010 g/mol. The molecular weight excluding hydrogens is 944 g/mol. The van der Waals surface area contributed by atoms with Crippen LogP contribution < -0.4 is 24.4 Å². The minimum absolute atomic E-state index is 0.0132. The number of piperazine rings is 1. The Balaban J connectivity index is 0.937. The number of anilines is 2. The lowest BCUT2D eigenvalue weighted by Gasteiger charge is -2.58. The topological polar surface area (TPSA) is 213 Å². The van der Waals surface area contributed by atoms with Crippen LogP contribution in [0.3, 0.4) is 0 Å². The molecule has 72 heavy (non-hydrogen) atoms. The molecule has 1 atom stereocenters. The predicted octanol–water partition coefficient (Wildman–Crippen LogP) is 8.78. The number of hydrogen-bond donors (Lipinski definition) is 4. The van der Waals surface area contributed by atoms with Gasteiger partial charge in [0.25, 0.3) is 28.5 Å². The first-order valence-corrected chi connectivity index (χ1v) is 26.4. The molecule has 5 aromatic rings. The number of piperidine rings is 1. The van der Waals surface area contributed by atoms with Crippen molar-refractivity contribution in [1.29, 1.82) is 0 Å². The summed E-state index contributed by atoms with van der Waals surface area (Å²) < 4.78 is 56.9. The molecule has 382 valence electrons. The van der Waals surface area contributed by atoms with Gasteiger partial charge < -0.3 is 29.8 Å². The molecule has 2 aromatic carbocycles. The van der Waals surface area contributed by atoms with E-state index < -0.39 is 42.9 Å². The summed E-state index contributed by atoms with van der Waals surface area (Å²) in [6.45, 7) is 20.5. The summed E-state index contributed by atoms with van der Waals surface area (Å²) in [5.41, 5.74) is 2.27. The molecule has 0 radical (unpaired) electrons. The summed E-state index contributed by atoms with van der Waals surface area (Å²) in [6.07, 6.45) is 8.72. The minimum Gasteiger partial charge on any atom is -0.475 e. The first kappa shape index (κ1) is 50.5. The molecule has 0 unspecified atom stereocenters. The maximum Gasteiger partial charge on any atom is 0.312 e. The van der Waals surface area contributed by atoms with Crippen molar-refractivity contribution in [3.8, 4) is 17.4 Å². The van der Waals surface area contributed by atoms with E-state index >= 15 is 0 Å². The molecule has 4 fully saturated rings. The number of nitro groups is 1. The van der Waals surface area contributed by atoms with E-state index in [2.05, 4.69) is 82.6 Å². The van der Waals surface area contributed by atoms with Gasteiger partial charge in [0.1, 0.15) is 22.1 Å². The maximum absolute atomic E-state index is 14.9. The normalized spacial score (nSPS) is 21.8. The van der Waals surface area contributed by atoms with E-state index in [1.165, 1.54) is 23.3 Å². The van der Waals surface area contributed by atoms with Crippen LogP contribution in [0.25, 0.3) is 15.9 Å². The Kier molecular flexibility index (Phi) is 14.5. The van der Waals surface area contributed by atoms with Gasteiger partial charge in [-0.05, 0) is 106 Å². The third-order valence-electron chi connectivity index (χ3n) is 15.3. The lowest BCUT2D eigenvalue weighted by Crippen LogP contribution is -2.60. The van der Waals surface area contributed by atoms with Gasteiger partial charge in [0.05, 0.1) is 34.3 Å². The number of aromatic nitrogens is 3. The number of rotatable bonds is 16. The Morgan fingerprint density at radius 1 is 1.07 bits per heavy atom. The zero-order valence-electron chi connectivity index (χ0n) is 41.2. The van der Waals surface area contributed by atoms with Crippen LogP contribution in [-0.2, 0) is 10.0 Å². The molecule has 4 N–H and O–H groups in total. The Labute approximate surface area is 419 Å². The van der Waals surface area contributed by atoms with Crippen LogP contribution in [0.5, 0.6) is 17.4 Å². The van der Waals surface area contributed by atoms with Gasteiger partial charge in [-0.1, -0.05) is 38.1 Å². The fourth-order valence-electron chi connectivity index (χ4n) is 11.2. The number of sulfonamides is 1. The predicted molar refractivity (Wildman–Crippen MR) is 270 cm³/mol. The van der Waals surface area contributed by atoms with Crippen molar-refractivity contribution in [3.63, 3.8) is 0 Å². The molecule has 0 bridgehead atoms. The highest BCUT2D eigenvalue weighted by molar-refractivity contribution is 7.90. The fraction of sp³-hybridized carbons (Fsp3) is 0.500. The maximum atomic E-state index is 14.9. The van der Waals surface area contributed by atoms with Gasteiger partial charge in [0.2, 0.25) is 5.82 Å². The standard InChI is InChI=1S/C52H63FN10O8S/c1-6-70-50-46(25-41-42(53)30-57-47(41)58-50)71-45-23-35(11-12-40(45)49(64)59-72(68,69)37-24-43(63(66)67)48(56-29-37)55-28-34-13-15-51(4,65)16-14-34)61-19-17-52(18-20-61)26-36(27-52)62-22-21-60(32-54-5)31-44(62)39-10-8-7-9-38(39)33(2)3/h7-12,23-25,29-30,33-34,36,44,65H,6,13-22,26-28,31-32H2,1-4H3,(H,55,56)(H,57,58)(H,59,64)/t34?,44-,51?/m0/s1. The number of ether oxygens (including phenoxy) is 2. The number of benzene rings is 2. The largest absolute Gasteiger partial charge is 0.475 e. The van der Waals surface area contributed by atoms with Crippen LogP contribution in [0.4, 0.5) is 21.6 Å². The number of fused-ring (bicyclic) bond motifs is 1. The van der Waals surface area contributed by atoms with Gasteiger partial charge in [0.15, 0.2) is 5.75 Å². The molecule has 9 rings (SSSR count). The average molecular weight is 1010 g/mol. The zero-order chi connectivity index (χ0) is 51.0. The molecule has 5 heterocycles. The van der Waals surface area contributed by atoms with Gasteiger partial charge in [-0.15, -0.1) is 0 Å². The number of nitrogens with zero attached hydrogens (tertiary/aromatic N) is 7. The summed E-state index contributed by atoms with van der Waals surface area (Å²) in [4.78, 5) is 47.2. The number of aromatic amines is 1. The lowest BCUT2D eigenvalue weighted by atomic mass is 9.59. The number of carbonyl (C=O) groups is 1. The Bertz CT molecular complexity index is 2970. The quantitative estimate of drug-likeness (QED) is 0.0414. The number of H-pyrrole nitrogens is 1. The van der Waals surface area contributed by atoms with Gasteiger partial charge in [0, 0.05) is 81.4 Å². The number of halogens is 1. The zero-order valence-corrected chi connectivity index (χ0v) is 42.0. The first-order valence-electron chi connectivity index (χ1n) is 24.9. The van der Waals surface area contributed by atoms with Crippen molar-refractivity contribution in [3.05, 3.63) is 111 Å². The minimum atomic E-state index is -4.74. The highest BCUT2D eigenvalue weighted by atomic mass is 32.2. The van der Waals surface area contributed by atoms with Gasteiger partial charge in [-0.3, -0.25) is 24.7 Å². The van der Waals surface area contributed by atoms with Crippen molar-refractivity contribution < 1.29 is 37.1 Å². The highest BCUT2D eigenvalue weighted by Crippen LogP contribution is 2.53. The van der Waals surface area contributed by atoms with Gasteiger partial charge in [-0.2, -0.15) is 4.98 Å². The number of nitrogens with one attached hydrogen (secondary N) is 3. The third kappa shape index (κ3) is 10.7. The molecule has 2 saturated heterocycles. The van der Waals surface area contributed by atoms with Crippen molar-refractivity contribution in [2.45, 2.75) is 108 Å². The molecule has 2 saturated carbocycles. The van der Waals surface area contributed by atoms with Crippen molar-refractivity contribution in [2.75, 3.05) is 62.8 Å². The Hall–Kier alpha value is -6.40. The summed E-state index contributed by atoms with van der Waals surface area (Å²) in [5, 5.41) is 25.6. The number of amides is 1. The molecule has 1 amide bonds. The molecule has 4 aliphatic rings. The van der Waals surface area contributed by atoms with Crippen LogP contribution in [0.1, 0.15) is 113 Å². The second-order valence-electron chi connectivity index (χ2n) is 20.6. The SMILES string of the molecule is [C-]#[N+]CN1CCN(C2CC3(CCN(c4ccc(C(=O)NS(=O)(=O)c5cnc(NCC6CCC(C)(O)CC6)c([N+](=O)[O-])c5)c(Oc5cc6c(F)c[nH]c6nc5OCC)c4)CC3)C2)[C@H](c2ccccc2C(C)C)C1. The summed E-state index contributed by atoms with van der Waals surface area (Å²) in [7, 11) is -4.74. The molecule has 2 aliphatic heterocycles. The summed E-state index contributed by atoms with van der Waals surface area (Å²) in [6, 6.07) is 16.4. The lowest BCUT2D eigenvalue weighted by molar-refractivity contribution is -0.384. The fourth-order valence-corrected chi connectivity index (χ4v) is 12.1. The van der Waals surface area contributed by atoms with E-state index in [1.807, 2.05) is 0 Å². The van der Waals surface area contributed by atoms with Crippen LogP contribution in [0.15, 0.2) is 71.9 Å². The van der Waals surface area contributed by atoms with Crippen molar-refractivity contribution in [2.24, 2.45) is 11.3 Å². The second-order valence-corrected chi connectivity index (χ2v) is 22.2. The van der Waals surface area contributed by atoms with Crippen molar-refractivity contribution >= 4 is 44.2 Å². The van der Waals surface area contributed by atoms with Crippen LogP contribution in [0, 0.1) is 33.8 Å². The molecule has 1 spiro atoms. The van der Waals surface area contributed by atoms with E-state index in [0.29, 0.717) is 50.9 Å². The Morgan fingerprint density at radius 3 is 2.53 bits per heavy atom. The van der Waals surface area contributed by atoms with E-state index in [4.69, 9.17) is 16.0 Å². The van der Waals surface area contributed by atoms with E-state index in [1.54, 1.807) is 26.0 Å². The van der Waals surface area contributed by atoms with Crippen LogP contribution in [-0.4, -0.2) is 113 Å². The average Bonchev–Trinajstić information content (AvgIpc) is 3.71.